The van der Waals surface area contributed by atoms with E-state index in [-0.39, 0.29) is 44.5 Å². The molecule has 11 aliphatic heterocycles. The molecular weight excluding hydrogens is 1840 g/mol. The number of nitrogens with zero attached hydrogens (tertiary/aromatic N) is 19. The quantitative estimate of drug-likeness (QED) is 0.0274. The number of ether oxygens (including phenoxy) is 5. The predicted molar refractivity (Wildman–Crippen MR) is 548 cm³/mol. The van der Waals surface area contributed by atoms with E-state index in [2.05, 4.69) is 163 Å². The van der Waals surface area contributed by atoms with Gasteiger partial charge in [0.05, 0.1) is 75.4 Å². The van der Waals surface area contributed by atoms with Crippen molar-refractivity contribution < 1.29 is 52.1 Å². The molecule has 16 heterocycles. The van der Waals surface area contributed by atoms with E-state index in [9.17, 15) is 24.0 Å². The minimum atomic E-state index is -0.551. The summed E-state index contributed by atoms with van der Waals surface area (Å²) in [5, 5.41) is 26.0. The van der Waals surface area contributed by atoms with Gasteiger partial charge in [0.2, 0.25) is 35.6 Å². The molecule has 141 heavy (non-hydrogen) atoms. The molecule has 16 N–H and O–H groups in total. The average Bonchev–Trinajstić information content (AvgIpc) is 1.78. The Bertz CT molecular complexity index is 5980. The number of likely N-dealkylation sites (tertiary alicyclic amines) is 2. The van der Waals surface area contributed by atoms with Crippen LogP contribution in [0.3, 0.4) is 0 Å². The Labute approximate surface area is 831 Å². The van der Waals surface area contributed by atoms with Gasteiger partial charge in [-0.15, -0.1) is 0 Å². The first-order chi connectivity index (χ1) is 67.7. The van der Waals surface area contributed by atoms with Crippen LogP contribution in [0.4, 0.5) is 98.4 Å². The van der Waals surface area contributed by atoms with Gasteiger partial charge in [-0.3, -0.25) is 38.7 Å². The molecule has 24 rings (SSSR count). The highest BCUT2D eigenvalue weighted by Crippen LogP contribution is 2.45. The lowest BCUT2D eigenvalue weighted by Crippen LogP contribution is -2.60. The first-order valence-corrected chi connectivity index (χ1v) is 49.1. The van der Waals surface area contributed by atoms with E-state index in [1.54, 1.807) is 13.1 Å². The largest absolute Gasteiger partial charge is 0.489 e. The van der Waals surface area contributed by atoms with Crippen LogP contribution in [-0.4, -0.2) is 317 Å². The van der Waals surface area contributed by atoms with Crippen molar-refractivity contribution in [1.82, 2.24) is 69.4 Å². The summed E-state index contributed by atoms with van der Waals surface area (Å²) in [6.07, 6.45) is 24.4. The van der Waals surface area contributed by atoms with Gasteiger partial charge in [-0.05, 0) is 159 Å². The Morgan fingerprint density at radius 3 is 0.957 bits per heavy atom. The SMILES string of the molecule is CC(=O)N1CCC(N2CCN3c4ccc(Nc5ncc(C(N)=O)c(NC6CC6)n5)cc4OCC3C2)CC1.CN1CCC(N2CCN3c4ccc(Nc5ncc(C(N)=O)c(NC6CC6)n5)cc4OC[C@@H]3C2)CC1.NC(=O)c1cnc(Nc2ccc3c(c2)OCC2CN(c4cnco4)CCN32)nc1NC1CC1.NC(=O)c1cnc(Nc2ccc3c(c2)OC[C@@H]2CN(C4CCOCC4)CCN32)nc1NC1CC1.S.S. The van der Waals surface area contributed by atoms with Crippen LogP contribution in [0.15, 0.2) is 115 Å². The Kier molecular flexibility index (Phi) is 29.3. The maximum absolute atomic E-state index is 11.8. The fourth-order valence-electron chi connectivity index (χ4n) is 20.5. The minimum absolute atomic E-state index is 0. The molecule has 0 spiro atoms. The highest BCUT2D eigenvalue weighted by Gasteiger charge is 2.43. The van der Waals surface area contributed by atoms with E-state index in [4.69, 9.17) is 51.0 Å². The van der Waals surface area contributed by atoms with Gasteiger partial charge < -0.3 is 128 Å². The normalized spacial score (nSPS) is 21.6. The second-order valence-corrected chi connectivity index (χ2v) is 38.7. The maximum atomic E-state index is 11.8. The summed E-state index contributed by atoms with van der Waals surface area (Å²) in [4.78, 5) is 122. The number of hydrogen-bond acceptors (Lipinski definition) is 37. The van der Waals surface area contributed by atoms with Crippen molar-refractivity contribution in [3.63, 3.8) is 0 Å². The van der Waals surface area contributed by atoms with E-state index in [0.717, 1.165) is 256 Å². The zero-order valence-electron chi connectivity index (χ0n) is 79.5. The van der Waals surface area contributed by atoms with Gasteiger partial charge in [-0.2, -0.15) is 46.9 Å². The number of anilines is 17. The second-order valence-electron chi connectivity index (χ2n) is 38.7. The van der Waals surface area contributed by atoms with E-state index in [0.29, 0.717) is 151 Å². The van der Waals surface area contributed by atoms with Crippen LogP contribution in [0.2, 0.25) is 0 Å². The molecule has 2 unspecified atom stereocenters. The number of piperidine rings is 2. The van der Waals surface area contributed by atoms with Crippen molar-refractivity contribution in [1.29, 1.82) is 0 Å². The highest BCUT2D eigenvalue weighted by atomic mass is 32.1. The average molecular weight is 1970 g/mol. The van der Waals surface area contributed by atoms with Crippen molar-refractivity contribution >= 4 is 155 Å². The van der Waals surface area contributed by atoms with Gasteiger partial charge >= 0.3 is 0 Å². The number of hydrogen-bond donors (Lipinski definition) is 12. The van der Waals surface area contributed by atoms with Crippen molar-refractivity contribution in [3.8, 4) is 23.0 Å². The van der Waals surface area contributed by atoms with E-state index in [1.807, 2.05) is 53.4 Å². The molecule has 7 saturated heterocycles. The molecule has 4 saturated carbocycles. The summed E-state index contributed by atoms with van der Waals surface area (Å²) in [7, 11) is 2.22. The molecule has 5 amide bonds. The smallest absolute Gasteiger partial charge is 0.254 e. The summed E-state index contributed by atoms with van der Waals surface area (Å²) in [6.45, 7) is 21.8. The van der Waals surface area contributed by atoms with Crippen LogP contribution in [0.1, 0.15) is 138 Å². The maximum Gasteiger partial charge on any atom is 0.254 e. The topological polar surface area (TPSA) is 493 Å². The number of primary amides is 4. The third-order valence-corrected chi connectivity index (χ3v) is 28.8. The zero-order valence-corrected chi connectivity index (χ0v) is 81.5. The fraction of sp³-hybridized carbons (Fsp3) is 0.505. The molecule has 44 heteroatoms. The van der Waals surface area contributed by atoms with Gasteiger partial charge in [-0.1, -0.05) is 0 Å². The van der Waals surface area contributed by atoms with Crippen LogP contribution < -0.4 is 109 Å². The van der Waals surface area contributed by atoms with Crippen molar-refractivity contribution in [2.75, 3.05) is 218 Å². The summed E-state index contributed by atoms with van der Waals surface area (Å²) < 4.78 is 35.7. The molecule has 9 aromatic rings. The molecule has 11 fully saturated rings. The van der Waals surface area contributed by atoms with E-state index < -0.39 is 23.6 Å². The number of rotatable bonds is 24. The third-order valence-electron chi connectivity index (χ3n) is 28.8. The van der Waals surface area contributed by atoms with Crippen molar-refractivity contribution in [2.45, 2.75) is 163 Å². The molecule has 42 nitrogen and oxygen atoms in total. The Morgan fingerprint density at radius 2 is 0.660 bits per heavy atom. The van der Waals surface area contributed by atoms with Gasteiger partial charge in [0, 0.05) is 226 Å². The molecule has 0 radical (unpaired) electrons. The zero-order chi connectivity index (χ0) is 94.9. The van der Waals surface area contributed by atoms with Crippen LogP contribution in [0, 0.1) is 0 Å². The molecule has 5 aromatic heterocycles. The third kappa shape index (κ3) is 22.9. The summed E-state index contributed by atoms with van der Waals surface area (Å²) in [5.41, 5.74) is 30.9. The van der Waals surface area contributed by atoms with Crippen LogP contribution in [0.25, 0.3) is 0 Å². The van der Waals surface area contributed by atoms with E-state index in [1.165, 1.54) is 57.1 Å². The summed E-state index contributed by atoms with van der Waals surface area (Å²) >= 11 is 0. The molecule has 4 aliphatic carbocycles. The number of oxazole rings is 1. The Balaban J connectivity index is 0.000000119. The number of nitrogens with one attached hydrogen (secondary N) is 8. The Morgan fingerprint density at radius 1 is 0.355 bits per heavy atom. The second kappa shape index (κ2) is 42.7. The first kappa shape index (κ1) is 96.7. The van der Waals surface area contributed by atoms with Gasteiger partial charge in [0.15, 0.2) is 6.39 Å². The molecular formula is C97H127N31O11S2. The van der Waals surface area contributed by atoms with Crippen LogP contribution in [0.5, 0.6) is 23.0 Å². The van der Waals surface area contributed by atoms with Crippen LogP contribution >= 0.6 is 27.0 Å². The molecule has 15 aliphatic rings. The number of nitrogens with two attached hydrogens (primary N) is 4. The number of aromatic nitrogens is 9. The molecule has 4 aromatic carbocycles. The van der Waals surface area contributed by atoms with Gasteiger partial charge in [0.1, 0.15) is 72.7 Å². The standard InChI is InChI=1S/C26H34N8O3.C25H34N8O2.C24H31N7O3.C22H24N8O3.2H2S/c1-16(35)32-8-6-19(7-9-32)33-10-11-34-20(14-33)15-37-23-12-18(4-5-22(23)34)30-26-28-13-21(24(27)36)25(31-26)29-17-2-3-17;1-31-8-6-18(7-9-31)32-10-11-33-19(14-32)15-35-22-12-17(4-5-21(22)33)29-25-27-13-20(23(26)34)24(30-25)28-16-2-3-16;25-22(32)19-12-26-24(29-23(19)27-15-1-2-15)28-16-3-4-20-21(11-16)34-14-18-13-30(7-8-31(18)20)17-5-9-33-10-6-17;23-20(31)16-8-25-22(28-21(16)26-13-1-2-13)27-14-3-4-17-18(7-14)32-11-15-10-29(5-6-30(15)17)19-9-24-12-33-19;;/h4-5,12-13,17,19-20H,2-3,6-11,14-15H2,1H3,(H2,27,36)(H2,28,29,30,31);4-5,12-13,16,18-19H,2-3,6-11,14-15H2,1H3,(H2,26,34)(H2,27,28,29,30);3-4,11-12,15,17-18H,1-2,5-10,13-14H2,(H2,25,32)(H2,26,27,28,29);3-4,7-9,12-13,15H,1-2,5-6,10-11H2,(H2,23,31)(H2,25,26,27,28);2*1H2/t;19-;18-;;;/m.00.../s1. The summed E-state index contributed by atoms with van der Waals surface area (Å²) in [5.74, 6) is 5.70. The lowest BCUT2D eigenvalue weighted by molar-refractivity contribution is -0.130. The predicted octanol–water partition coefficient (Wildman–Crippen LogP) is 7.81. The summed E-state index contributed by atoms with van der Waals surface area (Å²) in [6, 6.07) is 28.9. The number of fused-ring (bicyclic) bond motifs is 12. The number of benzene rings is 4. The first-order valence-electron chi connectivity index (χ1n) is 49.1. The molecule has 748 valence electrons. The number of carbonyl (C=O) groups is 5. The number of amides is 5. The fourth-order valence-corrected chi connectivity index (χ4v) is 20.5. The lowest BCUT2D eigenvalue weighted by Gasteiger charge is -2.49. The monoisotopic (exact) mass is 1970 g/mol. The van der Waals surface area contributed by atoms with Crippen molar-refractivity contribution in [3.05, 3.63) is 132 Å². The minimum Gasteiger partial charge on any atom is -0.489 e. The number of carbonyl (C=O) groups excluding carboxylic acids is 5. The lowest BCUT2D eigenvalue weighted by atomic mass is 9.99. The van der Waals surface area contributed by atoms with E-state index >= 15 is 0 Å². The van der Waals surface area contributed by atoms with Crippen molar-refractivity contribution in [2.24, 2.45) is 22.9 Å². The Hall–Kier alpha value is -13.1. The molecule has 0 bridgehead atoms. The number of piperazine rings is 4. The molecule has 4 atom stereocenters. The highest BCUT2D eigenvalue weighted by molar-refractivity contribution is 7.59. The van der Waals surface area contributed by atoms with Gasteiger partial charge in [0.25, 0.3) is 23.6 Å². The van der Waals surface area contributed by atoms with Gasteiger partial charge in [-0.25, -0.2) is 24.9 Å². The van der Waals surface area contributed by atoms with Crippen LogP contribution in [-0.2, 0) is 9.53 Å².